The molecular weight excluding hydrogens is 291 g/mol. The highest BCUT2D eigenvalue weighted by Gasteiger charge is 2.12. The first-order chi connectivity index (χ1) is 10.5. The van der Waals surface area contributed by atoms with E-state index in [9.17, 15) is 18.8 Å². The highest BCUT2D eigenvalue weighted by Crippen LogP contribution is 2.14. The van der Waals surface area contributed by atoms with Crippen molar-refractivity contribution in [3.8, 4) is 0 Å². The third-order valence-electron chi connectivity index (χ3n) is 2.68. The van der Waals surface area contributed by atoms with Gasteiger partial charge in [0.1, 0.15) is 5.82 Å². The molecule has 0 fully saturated rings. The minimum Gasteiger partial charge on any atom is -0.355 e. The Labute approximate surface area is 127 Å². The zero-order chi connectivity index (χ0) is 16.5. The molecule has 0 radical (unpaired) electrons. The van der Waals surface area contributed by atoms with Crippen molar-refractivity contribution in [2.24, 2.45) is 0 Å². The quantitative estimate of drug-likeness (QED) is 0.626. The lowest BCUT2D eigenvalue weighted by Gasteiger charge is -2.09. The normalized spacial score (nSPS) is 9.77. The summed E-state index contributed by atoms with van der Waals surface area (Å²) in [5, 5.41) is 9.69. The minimum absolute atomic E-state index is 0.171. The maximum Gasteiger partial charge on any atom is 0.319 e. The molecule has 7 nitrogen and oxygen atoms in total. The Bertz CT molecular complexity index is 563. The molecule has 120 valence electrons. The van der Waals surface area contributed by atoms with Crippen LogP contribution in [0, 0.1) is 5.82 Å². The molecular formula is C14H19FN4O3. The van der Waals surface area contributed by atoms with Crippen molar-refractivity contribution in [1.29, 1.82) is 0 Å². The molecule has 0 saturated carbocycles. The fourth-order valence-electron chi connectivity index (χ4n) is 1.57. The van der Waals surface area contributed by atoms with Crippen LogP contribution in [0.2, 0.25) is 0 Å². The lowest BCUT2D eigenvalue weighted by Crippen LogP contribution is -2.39. The van der Waals surface area contributed by atoms with Gasteiger partial charge in [0.2, 0.25) is 5.91 Å². The Hall–Kier alpha value is -2.64. The summed E-state index contributed by atoms with van der Waals surface area (Å²) < 4.78 is 13.5. The summed E-state index contributed by atoms with van der Waals surface area (Å²) in [6.07, 6.45) is 0.801. The second-order valence-corrected chi connectivity index (χ2v) is 4.43. The Kier molecular flexibility index (Phi) is 6.81. The van der Waals surface area contributed by atoms with E-state index < -0.39 is 17.8 Å². The van der Waals surface area contributed by atoms with Crippen LogP contribution in [0.4, 0.5) is 14.9 Å². The van der Waals surface area contributed by atoms with E-state index >= 15 is 0 Å². The summed E-state index contributed by atoms with van der Waals surface area (Å²) in [6.45, 7) is 2.28. The Morgan fingerprint density at radius 1 is 1.18 bits per heavy atom. The summed E-state index contributed by atoms with van der Waals surface area (Å²) in [6, 6.07) is 2.98. The maximum absolute atomic E-state index is 13.5. The van der Waals surface area contributed by atoms with Gasteiger partial charge in [0.05, 0.1) is 12.1 Å². The smallest absolute Gasteiger partial charge is 0.319 e. The van der Waals surface area contributed by atoms with Gasteiger partial charge in [-0.1, -0.05) is 6.92 Å². The van der Waals surface area contributed by atoms with Crippen molar-refractivity contribution in [2.45, 2.75) is 13.3 Å². The number of anilines is 1. The van der Waals surface area contributed by atoms with E-state index in [-0.39, 0.29) is 23.7 Å². The molecule has 0 saturated heterocycles. The first kappa shape index (κ1) is 17.4. The Morgan fingerprint density at radius 3 is 2.55 bits per heavy atom. The molecule has 8 heteroatoms. The predicted octanol–water partition coefficient (Wildman–Crippen LogP) is 0.833. The van der Waals surface area contributed by atoms with Crippen molar-refractivity contribution in [3.05, 3.63) is 29.6 Å². The van der Waals surface area contributed by atoms with Gasteiger partial charge in [-0.05, 0) is 24.6 Å². The number of nitrogens with one attached hydrogen (secondary N) is 4. The number of hydrogen-bond donors (Lipinski definition) is 4. The molecule has 0 unspecified atom stereocenters. The van der Waals surface area contributed by atoms with E-state index in [0.717, 1.165) is 12.5 Å². The number of carbonyl (C=O) groups is 3. The monoisotopic (exact) mass is 310 g/mol. The number of halogens is 1. The van der Waals surface area contributed by atoms with E-state index in [0.29, 0.717) is 6.54 Å². The van der Waals surface area contributed by atoms with Crippen LogP contribution in [0.3, 0.4) is 0 Å². The van der Waals surface area contributed by atoms with Gasteiger partial charge < -0.3 is 21.3 Å². The van der Waals surface area contributed by atoms with Crippen molar-refractivity contribution < 1.29 is 18.8 Å². The number of hydrogen-bond acceptors (Lipinski definition) is 3. The van der Waals surface area contributed by atoms with Crippen molar-refractivity contribution in [3.63, 3.8) is 0 Å². The number of urea groups is 1. The standard InChI is InChI=1S/C14H19FN4O3/c1-3-6-17-12(20)8-18-14(22)19-9-4-5-11(15)10(7-9)13(21)16-2/h4-5,7H,3,6,8H2,1-2H3,(H,16,21)(H,17,20)(H2,18,19,22). The van der Waals surface area contributed by atoms with Crippen LogP contribution < -0.4 is 21.3 Å². The summed E-state index contributed by atoms with van der Waals surface area (Å²) in [5.74, 6) is -1.59. The number of carbonyl (C=O) groups excluding carboxylic acids is 3. The highest BCUT2D eigenvalue weighted by atomic mass is 19.1. The Morgan fingerprint density at radius 2 is 1.91 bits per heavy atom. The highest BCUT2D eigenvalue weighted by molar-refractivity contribution is 5.97. The number of amides is 4. The van der Waals surface area contributed by atoms with Gasteiger partial charge in [0.15, 0.2) is 0 Å². The maximum atomic E-state index is 13.5. The van der Waals surface area contributed by atoms with Crippen LogP contribution in [0.25, 0.3) is 0 Å². The average molecular weight is 310 g/mol. The molecule has 4 N–H and O–H groups in total. The molecule has 1 aromatic rings. The minimum atomic E-state index is -0.691. The lowest BCUT2D eigenvalue weighted by molar-refractivity contribution is -0.120. The molecule has 1 aromatic carbocycles. The number of rotatable bonds is 6. The van der Waals surface area contributed by atoms with E-state index in [2.05, 4.69) is 21.3 Å². The summed E-state index contributed by atoms with van der Waals surface area (Å²) in [5.41, 5.74) is 0.0625. The molecule has 22 heavy (non-hydrogen) atoms. The molecule has 0 aliphatic heterocycles. The molecule has 0 aliphatic rings. The largest absolute Gasteiger partial charge is 0.355 e. The van der Waals surface area contributed by atoms with Gasteiger partial charge in [0, 0.05) is 19.3 Å². The summed E-state index contributed by atoms with van der Waals surface area (Å²) in [4.78, 5) is 34.4. The lowest BCUT2D eigenvalue weighted by atomic mass is 10.1. The average Bonchev–Trinajstić information content (AvgIpc) is 2.52. The van der Waals surface area contributed by atoms with E-state index in [1.54, 1.807) is 0 Å². The van der Waals surface area contributed by atoms with E-state index in [4.69, 9.17) is 0 Å². The van der Waals surface area contributed by atoms with Crippen LogP contribution in [-0.2, 0) is 4.79 Å². The second-order valence-electron chi connectivity index (χ2n) is 4.43. The van der Waals surface area contributed by atoms with Gasteiger partial charge >= 0.3 is 6.03 Å². The van der Waals surface area contributed by atoms with Crippen LogP contribution in [0.1, 0.15) is 23.7 Å². The van der Waals surface area contributed by atoms with Crippen molar-refractivity contribution in [2.75, 3.05) is 25.5 Å². The molecule has 1 rings (SSSR count). The van der Waals surface area contributed by atoms with Crippen molar-refractivity contribution in [1.82, 2.24) is 16.0 Å². The van der Waals surface area contributed by atoms with Crippen molar-refractivity contribution >= 4 is 23.5 Å². The van der Waals surface area contributed by atoms with E-state index in [1.165, 1.54) is 19.2 Å². The zero-order valence-electron chi connectivity index (χ0n) is 12.5. The summed E-state index contributed by atoms with van der Waals surface area (Å²) >= 11 is 0. The van der Waals surface area contributed by atoms with Gasteiger partial charge in [-0.3, -0.25) is 9.59 Å². The first-order valence-electron chi connectivity index (χ1n) is 6.81. The fourth-order valence-corrected chi connectivity index (χ4v) is 1.57. The molecule has 0 aliphatic carbocycles. The zero-order valence-corrected chi connectivity index (χ0v) is 12.5. The predicted molar refractivity (Wildman–Crippen MR) is 80.1 cm³/mol. The third-order valence-corrected chi connectivity index (χ3v) is 2.68. The van der Waals surface area contributed by atoms with Crippen LogP contribution >= 0.6 is 0 Å². The third kappa shape index (κ3) is 5.39. The van der Waals surface area contributed by atoms with Gasteiger partial charge in [-0.2, -0.15) is 0 Å². The van der Waals surface area contributed by atoms with Gasteiger partial charge in [-0.25, -0.2) is 9.18 Å². The topological polar surface area (TPSA) is 99.3 Å². The number of benzene rings is 1. The molecule has 0 aromatic heterocycles. The molecule has 4 amide bonds. The second kappa shape index (κ2) is 8.60. The van der Waals surface area contributed by atoms with Crippen LogP contribution in [0.5, 0.6) is 0 Å². The molecule has 0 heterocycles. The Balaban J connectivity index is 2.58. The first-order valence-corrected chi connectivity index (χ1v) is 6.81. The fraction of sp³-hybridized carbons (Fsp3) is 0.357. The SMILES string of the molecule is CCCNC(=O)CNC(=O)Nc1ccc(F)c(C(=O)NC)c1. The van der Waals surface area contributed by atoms with Crippen LogP contribution in [-0.4, -0.2) is 38.0 Å². The van der Waals surface area contributed by atoms with Crippen LogP contribution in [0.15, 0.2) is 18.2 Å². The molecule has 0 atom stereocenters. The van der Waals surface area contributed by atoms with E-state index in [1.807, 2.05) is 6.92 Å². The van der Waals surface area contributed by atoms with Gasteiger partial charge in [0.25, 0.3) is 5.91 Å². The van der Waals surface area contributed by atoms with Gasteiger partial charge in [-0.15, -0.1) is 0 Å². The summed E-state index contributed by atoms with van der Waals surface area (Å²) in [7, 11) is 1.38. The molecule has 0 bridgehead atoms. The molecule has 0 spiro atoms.